The highest BCUT2D eigenvalue weighted by atomic mass is 35.5. The standard InChI is InChI=1S/C11H11ClO3S/c12-8-3-1-2-4-9(8)16(15)10(11(13)14)7-5-6-7/h1-4,7,10H,5-6H2,(H,13,14). The third kappa shape index (κ3) is 2.28. The Labute approximate surface area is 101 Å². The van der Waals surface area contributed by atoms with Gasteiger partial charge in [0.25, 0.3) is 0 Å². The third-order valence-corrected chi connectivity index (χ3v) is 4.86. The maximum absolute atomic E-state index is 12.1. The van der Waals surface area contributed by atoms with E-state index in [1.54, 1.807) is 24.3 Å². The maximum atomic E-state index is 12.1. The first-order valence-corrected chi connectivity index (χ1v) is 6.58. The first-order valence-electron chi connectivity index (χ1n) is 4.99. The highest BCUT2D eigenvalue weighted by Crippen LogP contribution is 2.38. The summed E-state index contributed by atoms with van der Waals surface area (Å²) >= 11 is 5.91. The molecule has 2 rings (SSSR count). The van der Waals surface area contributed by atoms with E-state index in [-0.39, 0.29) is 5.92 Å². The predicted molar refractivity (Wildman–Crippen MR) is 62.0 cm³/mol. The average molecular weight is 259 g/mol. The molecule has 5 heteroatoms. The smallest absolute Gasteiger partial charge is 0.319 e. The van der Waals surface area contributed by atoms with Crippen molar-refractivity contribution in [3.05, 3.63) is 29.3 Å². The summed E-state index contributed by atoms with van der Waals surface area (Å²) in [5.74, 6) is -0.963. The van der Waals surface area contributed by atoms with E-state index in [0.29, 0.717) is 9.92 Å². The van der Waals surface area contributed by atoms with Gasteiger partial charge in [0.15, 0.2) is 0 Å². The Morgan fingerprint density at radius 1 is 1.44 bits per heavy atom. The number of benzene rings is 1. The Balaban J connectivity index is 2.30. The summed E-state index contributed by atoms with van der Waals surface area (Å²) in [5, 5.41) is 8.62. The van der Waals surface area contributed by atoms with Gasteiger partial charge in [-0.3, -0.25) is 9.00 Å². The fourth-order valence-electron chi connectivity index (χ4n) is 1.61. The van der Waals surface area contributed by atoms with Crippen LogP contribution in [-0.4, -0.2) is 20.5 Å². The molecule has 1 aromatic carbocycles. The van der Waals surface area contributed by atoms with Crippen molar-refractivity contribution in [2.24, 2.45) is 5.92 Å². The molecule has 3 nitrogen and oxygen atoms in total. The van der Waals surface area contributed by atoms with Crippen molar-refractivity contribution in [3.8, 4) is 0 Å². The van der Waals surface area contributed by atoms with Crippen molar-refractivity contribution in [2.75, 3.05) is 0 Å². The lowest BCUT2D eigenvalue weighted by molar-refractivity contribution is -0.136. The lowest BCUT2D eigenvalue weighted by atomic mass is 10.3. The summed E-state index contributed by atoms with van der Waals surface area (Å²) in [4.78, 5) is 11.5. The van der Waals surface area contributed by atoms with E-state index in [1.165, 1.54) is 0 Å². The van der Waals surface area contributed by atoms with Crippen LogP contribution in [0, 0.1) is 5.92 Å². The van der Waals surface area contributed by atoms with E-state index < -0.39 is 22.0 Å². The van der Waals surface area contributed by atoms with Crippen molar-refractivity contribution in [1.82, 2.24) is 0 Å². The lowest BCUT2D eigenvalue weighted by Gasteiger charge is -2.11. The molecule has 1 aromatic rings. The number of hydrogen-bond acceptors (Lipinski definition) is 2. The fourth-order valence-corrected chi connectivity index (χ4v) is 3.53. The van der Waals surface area contributed by atoms with E-state index >= 15 is 0 Å². The maximum Gasteiger partial charge on any atom is 0.319 e. The van der Waals surface area contributed by atoms with Crippen LogP contribution in [0.15, 0.2) is 29.2 Å². The van der Waals surface area contributed by atoms with E-state index in [1.807, 2.05) is 0 Å². The highest BCUT2D eigenvalue weighted by molar-refractivity contribution is 7.86. The van der Waals surface area contributed by atoms with Crippen molar-refractivity contribution in [2.45, 2.75) is 23.0 Å². The molecule has 1 fully saturated rings. The number of rotatable bonds is 4. The van der Waals surface area contributed by atoms with Crippen molar-refractivity contribution in [3.63, 3.8) is 0 Å². The molecule has 0 amide bonds. The zero-order valence-corrected chi connectivity index (χ0v) is 10.0. The second kappa shape index (κ2) is 4.55. The molecule has 86 valence electrons. The summed E-state index contributed by atoms with van der Waals surface area (Å²) in [6.07, 6.45) is 1.68. The van der Waals surface area contributed by atoms with Gasteiger partial charge in [0.2, 0.25) is 0 Å². The molecule has 2 unspecified atom stereocenters. The van der Waals surface area contributed by atoms with Gasteiger partial charge in [-0.1, -0.05) is 23.7 Å². The van der Waals surface area contributed by atoms with Crippen LogP contribution in [0.2, 0.25) is 5.02 Å². The normalized spacial score (nSPS) is 19.1. The van der Waals surface area contributed by atoms with Crippen LogP contribution in [0.4, 0.5) is 0 Å². The Kier molecular flexibility index (Phi) is 3.30. The average Bonchev–Trinajstić information content (AvgIpc) is 3.02. The molecule has 1 aliphatic carbocycles. The predicted octanol–water partition coefficient (Wildman–Crippen LogP) is 2.31. The molecular formula is C11H11ClO3S. The van der Waals surface area contributed by atoms with Crippen LogP contribution in [-0.2, 0) is 15.6 Å². The molecule has 0 heterocycles. The number of hydrogen-bond donors (Lipinski definition) is 1. The lowest BCUT2D eigenvalue weighted by Crippen LogP contribution is -2.28. The molecule has 16 heavy (non-hydrogen) atoms. The van der Waals surface area contributed by atoms with Crippen LogP contribution in [0.5, 0.6) is 0 Å². The number of carboxylic acids is 1. The van der Waals surface area contributed by atoms with Crippen LogP contribution in [0.3, 0.4) is 0 Å². The summed E-state index contributed by atoms with van der Waals surface area (Å²) in [7, 11) is -1.56. The van der Waals surface area contributed by atoms with Gasteiger partial charge in [0, 0.05) is 0 Å². The summed E-state index contributed by atoms with van der Waals surface area (Å²) in [6, 6.07) is 6.69. The molecule has 0 aromatic heterocycles. The molecular weight excluding hydrogens is 248 g/mol. The van der Waals surface area contributed by atoms with Gasteiger partial charge in [-0.05, 0) is 30.9 Å². The molecule has 2 atom stereocenters. The zero-order chi connectivity index (χ0) is 11.7. The van der Waals surface area contributed by atoms with Crippen LogP contribution in [0.25, 0.3) is 0 Å². The van der Waals surface area contributed by atoms with Crippen molar-refractivity contribution < 1.29 is 14.1 Å². The Morgan fingerprint density at radius 2 is 2.06 bits per heavy atom. The number of aliphatic carboxylic acids is 1. The van der Waals surface area contributed by atoms with E-state index in [2.05, 4.69) is 0 Å². The number of carboxylic acid groups (broad SMARTS) is 1. The van der Waals surface area contributed by atoms with Gasteiger partial charge in [0.1, 0.15) is 5.25 Å². The Bertz CT molecular complexity index is 443. The van der Waals surface area contributed by atoms with Gasteiger partial charge in [0.05, 0.1) is 20.7 Å². The van der Waals surface area contributed by atoms with E-state index in [4.69, 9.17) is 16.7 Å². The van der Waals surface area contributed by atoms with Crippen molar-refractivity contribution >= 4 is 28.4 Å². The topological polar surface area (TPSA) is 54.4 Å². The molecule has 1 aliphatic rings. The largest absolute Gasteiger partial charge is 0.480 e. The highest BCUT2D eigenvalue weighted by Gasteiger charge is 2.41. The first-order chi connectivity index (χ1) is 7.61. The fraction of sp³-hybridized carbons (Fsp3) is 0.364. The van der Waals surface area contributed by atoms with Gasteiger partial charge in [-0.15, -0.1) is 0 Å². The molecule has 1 N–H and O–H groups in total. The Morgan fingerprint density at radius 3 is 2.56 bits per heavy atom. The second-order valence-corrected chi connectivity index (χ2v) is 5.77. The molecule has 0 saturated heterocycles. The Hall–Kier alpha value is -0.870. The zero-order valence-electron chi connectivity index (χ0n) is 8.43. The quantitative estimate of drug-likeness (QED) is 0.902. The van der Waals surface area contributed by atoms with Gasteiger partial charge in [-0.2, -0.15) is 0 Å². The summed E-state index contributed by atoms with van der Waals surface area (Å²) in [5.41, 5.74) is 0. The monoisotopic (exact) mass is 258 g/mol. The van der Waals surface area contributed by atoms with Gasteiger partial charge < -0.3 is 5.11 Å². The molecule has 1 saturated carbocycles. The minimum Gasteiger partial charge on any atom is -0.480 e. The third-order valence-electron chi connectivity index (χ3n) is 2.58. The van der Waals surface area contributed by atoms with E-state index in [9.17, 15) is 9.00 Å². The second-order valence-electron chi connectivity index (χ2n) is 3.82. The van der Waals surface area contributed by atoms with Gasteiger partial charge >= 0.3 is 5.97 Å². The first kappa shape index (κ1) is 11.6. The number of halogens is 1. The van der Waals surface area contributed by atoms with Crippen LogP contribution >= 0.6 is 11.6 Å². The summed E-state index contributed by atoms with van der Waals surface area (Å²) in [6.45, 7) is 0. The SMILES string of the molecule is O=C(O)C(C1CC1)S(=O)c1ccccc1Cl. The molecule has 0 spiro atoms. The minimum absolute atomic E-state index is 0.0367. The van der Waals surface area contributed by atoms with E-state index in [0.717, 1.165) is 12.8 Å². The van der Waals surface area contributed by atoms with Gasteiger partial charge in [-0.25, -0.2) is 0 Å². The van der Waals surface area contributed by atoms with Crippen LogP contribution in [0.1, 0.15) is 12.8 Å². The number of carbonyl (C=O) groups is 1. The summed E-state index contributed by atoms with van der Waals surface area (Å²) < 4.78 is 12.1. The minimum atomic E-state index is -1.56. The van der Waals surface area contributed by atoms with Crippen molar-refractivity contribution in [1.29, 1.82) is 0 Å². The molecule has 0 aliphatic heterocycles. The molecule has 0 bridgehead atoms. The van der Waals surface area contributed by atoms with Crippen LogP contribution < -0.4 is 0 Å². The molecule has 0 radical (unpaired) electrons.